The molecule has 0 aliphatic carbocycles. The molecular weight excluding hydrogens is 358 g/mol. The molecule has 0 fully saturated rings. The summed E-state index contributed by atoms with van der Waals surface area (Å²) in [6.45, 7) is 3.47. The normalized spacial score (nSPS) is 11.3. The Morgan fingerprint density at radius 3 is 2.28 bits per heavy atom. The summed E-state index contributed by atoms with van der Waals surface area (Å²) in [5.41, 5.74) is 2.11. The molecule has 0 spiro atoms. The molecule has 0 saturated heterocycles. The number of nitrogens with zero attached hydrogens (tertiary/aromatic N) is 2. The van der Waals surface area contributed by atoms with Gasteiger partial charge in [-0.25, -0.2) is 8.42 Å². The lowest BCUT2D eigenvalue weighted by atomic mass is 10.1. The second kappa shape index (κ2) is 6.81. The molecule has 25 heavy (non-hydrogen) atoms. The molecule has 0 aliphatic rings. The molecular formula is C17H17N3O3S2. The Kier molecular flexibility index (Phi) is 4.73. The van der Waals surface area contributed by atoms with Crippen LogP contribution in [0.25, 0.3) is 10.6 Å². The standard InChI is InChI=1S/C17H17N3O3S2/c1-11-9-14(23-3)10-12(2)15(11)25(21,22)20-17-19-18-16(24-17)13-7-5-4-6-8-13/h4-10H,1-3H3,(H,19,20). The summed E-state index contributed by atoms with van der Waals surface area (Å²) in [6, 6.07) is 12.9. The Bertz CT molecular complexity index is 976. The number of ether oxygens (including phenoxy) is 1. The number of sulfonamides is 1. The van der Waals surface area contributed by atoms with Crippen molar-refractivity contribution in [2.24, 2.45) is 0 Å². The highest BCUT2D eigenvalue weighted by molar-refractivity contribution is 7.93. The third kappa shape index (κ3) is 3.64. The van der Waals surface area contributed by atoms with Crippen LogP contribution in [0.4, 0.5) is 5.13 Å². The summed E-state index contributed by atoms with van der Waals surface area (Å²) in [4.78, 5) is 0.227. The van der Waals surface area contributed by atoms with Crippen LogP contribution in [-0.2, 0) is 10.0 Å². The number of methoxy groups -OCH3 is 1. The summed E-state index contributed by atoms with van der Waals surface area (Å²) >= 11 is 1.19. The van der Waals surface area contributed by atoms with Crippen molar-refractivity contribution >= 4 is 26.5 Å². The topological polar surface area (TPSA) is 81.2 Å². The van der Waals surface area contributed by atoms with Crippen molar-refractivity contribution in [2.45, 2.75) is 18.7 Å². The molecule has 1 N–H and O–H groups in total. The fraction of sp³-hybridized carbons (Fsp3) is 0.176. The van der Waals surface area contributed by atoms with E-state index in [4.69, 9.17) is 4.74 Å². The molecule has 0 saturated carbocycles. The predicted molar refractivity (Wildman–Crippen MR) is 98.6 cm³/mol. The van der Waals surface area contributed by atoms with Crippen LogP contribution in [0.1, 0.15) is 11.1 Å². The molecule has 6 nitrogen and oxygen atoms in total. The SMILES string of the molecule is COc1cc(C)c(S(=O)(=O)Nc2nnc(-c3ccccc3)s2)c(C)c1. The molecule has 1 heterocycles. The molecule has 0 bridgehead atoms. The van der Waals surface area contributed by atoms with Gasteiger partial charge in [-0.2, -0.15) is 0 Å². The number of hydrogen-bond acceptors (Lipinski definition) is 6. The van der Waals surface area contributed by atoms with Crippen molar-refractivity contribution in [3.8, 4) is 16.3 Å². The molecule has 130 valence electrons. The van der Waals surface area contributed by atoms with E-state index in [9.17, 15) is 8.42 Å². The lowest BCUT2D eigenvalue weighted by Gasteiger charge is -2.12. The first-order valence-electron chi connectivity index (χ1n) is 7.47. The number of rotatable bonds is 5. The maximum atomic E-state index is 12.8. The Hall–Kier alpha value is -2.45. The Balaban J connectivity index is 1.92. The number of nitrogens with one attached hydrogen (secondary N) is 1. The summed E-state index contributed by atoms with van der Waals surface area (Å²) in [7, 11) is -2.22. The number of aromatic nitrogens is 2. The van der Waals surface area contributed by atoms with E-state index in [0.717, 1.165) is 5.56 Å². The molecule has 8 heteroatoms. The van der Waals surface area contributed by atoms with Crippen LogP contribution in [-0.4, -0.2) is 25.7 Å². The molecule has 1 aromatic heterocycles. The van der Waals surface area contributed by atoms with Crippen molar-refractivity contribution in [3.05, 3.63) is 53.6 Å². The number of aryl methyl sites for hydroxylation is 2. The van der Waals surface area contributed by atoms with E-state index >= 15 is 0 Å². The van der Waals surface area contributed by atoms with Crippen LogP contribution in [0, 0.1) is 13.8 Å². The Morgan fingerprint density at radius 1 is 1.04 bits per heavy atom. The molecule has 0 atom stereocenters. The Labute approximate surface area is 150 Å². The van der Waals surface area contributed by atoms with Crippen LogP contribution < -0.4 is 9.46 Å². The third-order valence-electron chi connectivity index (χ3n) is 3.61. The van der Waals surface area contributed by atoms with Crippen LogP contribution in [0.5, 0.6) is 5.75 Å². The predicted octanol–water partition coefficient (Wildman–Crippen LogP) is 3.63. The summed E-state index contributed by atoms with van der Waals surface area (Å²) in [5, 5.41) is 8.89. The van der Waals surface area contributed by atoms with Crippen LogP contribution in [0.3, 0.4) is 0 Å². The van der Waals surface area contributed by atoms with E-state index in [1.165, 1.54) is 11.3 Å². The molecule has 0 radical (unpaired) electrons. The zero-order chi connectivity index (χ0) is 18.0. The first kappa shape index (κ1) is 17.4. The zero-order valence-electron chi connectivity index (χ0n) is 14.0. The summed E-state index contributed by atoms with van der Waals surface area (Å²) in [5.74, 6) is 0.622. The van der Waals surface area contributed by atoms with Gasteiger partial charge in [0.1, 0.15) is 10.8 Å². The first-order valence-corrected chi connectivity index (χ1v) is 9.77. The van der Waals surface area contributed by atoms with Gasteiger partial charge in [-0.05, 0) is 37.1 Å². The van der Waals surface area contributed by atoms with Crippen molar-refractivity contribution in [2.75, 3.05) is 11.8 Å². The van der Waals surface area contributed by atoms with Gasteiger partial charge in [-0.15, -0.1) is 10.2 Å². The first-order chi connectivity index (χ1) is 11.9. The fourth-order valence-electron chi connectivity index (χ4n) is 2.58. The van der Waals surface area contributed by atoms with E-state index in [1.807, 2.05) is 30.3 Å². The van der Waals surface area contributed by atoms with Crippen molar-refractivity contribution in [1.82, 2.24) is 10.2 Å². The summed E-state index contributed by atoms with van der Waals surface area (Å²) in [6.07, 6.45) is 0. The van der Waals surface area contributed by atoms with E-state index < -0.39 is 10.0 Å². The molecule has 0 amide bonds. The minimum absolute atomic E-state index is 0.227. The highest BCUT2D eigenvalue weighted by Crippen LogP contribution is 2.30. The molecule has 0 aliphatic heterocycles. The minimum atomic E-state index is -3.77. The lowest BCUT2D eigenvalue weighted by Crippen LogP contribution is -2.15. The second-order valence-electron chi connectivity index (χ2n) is 5.47. The molecule has 3 aromatic rings. The van der Waals surface area contributed by atoms with E-state index in [1.54, 1.807) is 33.1 Å². The van der Waals surface area contributed by atoms with Gasteiger partial charge in [-0.3, -0.25) is 4.72 Å². The van der Waals surface area contributed by atoms with Gasteiger partial charge in [0.25, 0.3) is 10.0 Å². The van der Waals surface area contributed by atoms with Gasteiger partial charge in [-0.1, -0.05) is 41.7 Å². The minimum Gasteiger partial charge on any atom is -0.497 e. The van der Waals surface area contributed by atoms with E-state index in [2.05, 4.69) is 14.9 Å². The maximum absolute atomic E-state index is 12.8. The Morgan fingerprint density at radius 2 is 1.68 bits per heavy atom. The second-order valence-corrected chi connectivity index (χ2v) is 8.07. The number of anilines is 1. The van der Waals surface area contributed by atoms with Crippen LogP contribution in [0.15, 0.2) is 47.4 Å². The highest BCUT2D eigenvalue weighted by atomic mass is 32.2. The molecule has 3 rings (SSSR count). The van der Waals surface area contributed by atoms with Crippen molar-refractivity contribution < 1.29 is 13.2 Å². The van der Waals surface area contributed by atoms with E-state index in [-0.39, 0.29) is 10.0 Å². The van der Waals surface area contributed by atoms with Crippen LogP contribution in [0.2, 0.25) is 0 Å². The van der Waals surface area contributed by atoms with Gasteiger partial charge < -0.3 is 4.74 Å². The summed E-state index contributed by atoms with van der Waals surface area (Å²) < 4.78 is 33.2. The zero-order valence-corrected chi connectivity index (χ0v) is 15.6. The van der Waals surface area contributed by atoms with Gasteiger partial charge in [0.15, 0.2) is 0 Å². The van der Waals surface area contributed by atoms with E-state index in [0.29, 0.717) is 21.9 Å². The van der Waals surface area contributed by atoms with Gasteiger partial charge in [0.2, 0.25) is 5.13 Å². The van der Waals surface area contributed by atoms with Gasteiger partial charge >= 0.3 is 0 Å². The number of hydrogen-bond donors (Lipinski definition) is 1. The fourth-order valence-corrected chi connectivity index (χ4v) is 5.01. The smallest absolute Gasteiger partial charge is 0.264 e. The van der Waals surface area contributed by atoms with Gasteiger partial charge in [0, 0.05) is 5.56 Å². The van der Waals surface area contributed by atoms with Crippen molar-refractivity contribution in [3.63, 3.8) is 0 Å². The van der Waals surface area contributed by atoms with Crippen LogP contribution >= 0.6 is 11.3 Å². The quantitative estimate of drug-likeness (QED) is 0.736. The highest BCUT2D eigenvalue weighted by Gasteiger charge is 2.22. The van der Waals surface area contributed by atoms with Crippen molar-refractivity contribution in [1.29, 1.82) is 0 Å². The molecule has 0 unspecified atom stereocenters. The number of benzene rings is 2. The average Bonchev–Trinajstić information content (AvgIpc) is 3.02. The lowest BCUT2D eigenvalue weighted by molar-refractivity contribution is 0.413. The third-order valence-corrected chi connectivity index (χ3v) is 6.27. The average molecular weight is 375 g/mol. The molecule has 2 aromatic carbocycles. The largest absolute Gasteiger partial charge is 0.497 e. The monoisotopic (exact) mass is 375 g/mol. The maximum Gasteiger partial charge on any atom is 0.264 e. The van der Waals surface area contributed by atoms with Gasteiger partial charge in [0.05, 0.1) is 12.0 Å².